The van der Waals surface area contributed by atoms with Crippen LogP contribution in [0.4, 0.5) is 4.79 Å². The molecule has 1 saturated heterocycles. The molecule has 6 nitrogen and oxygen atoms in total. The summed E-state index contributed by atoms with van der Waals surface area (Å²) in [5.74, 6) is 0.189. The highest BCUT2D eigenvalue weighted by Crippen LogP contribution is 2.14. The third-order valence-electron chi connectivity index (χ3n) is 4.24. The molecule has 1 aliphatic rings. The van der Waals surface area contributed by atoms with Crippen LogP contribution in [0.1, 0.15) is 73.1 Å². The highest BCUT2D eigenvalue weighted by molar-refractivity contribution is 5.76. The minimum absolute atomic E-state index is 0.189. The van der Waals surface area contributed by atoms with Crippen LogP contribution in [-0.4, -0.2) is 54.3 Å². The lowest BCUT2D eigenvalue weighted by Crippen LogP contribution is -2.54. The van der Waals surface area contributed by atoms with Crippen molar-refractivity contribution >= 4 is 12.0 Å². The second-order valence-corrected chi connectivity index (χ2v) is 7.85. The van der Waals surface area contributed by atoms with Gasteiger partial charge in [-0.05, 0) is 34.1 Å². The molecule has 0 saturated carbocycles. The van der Waals surface area contributed by atoms with Crippen LogP contribution in [0.15, 0.2) is 0 Å². The van der Waals surface area contributed by atoms with Crippen molar-refractivity contribution in [2.45, 2.75) is 90.9 Å². The summed E-state index contributed by atoms with van der Waals surface area (Å²) < 4.78 is 11.0. The zero-order valence-corrected chi connectivity index (χ0v) is 16.6. The molecule has 0 aromatic carbocycles. The number of nitrogens with one attached hydrogen (secondary N) is 1. The molecule has 1 heterocycles. The van der Waals surface area contributed by atoms with E-state index in [1.54, 1.807) is 0 Å². The van der Waals surface area contributed by atoms with E-state index in [-0.39, 0.29) is 18.1 Å². The Kier molecular flexibility index (Phi) is 9.25. The molecule has 0 aromatic rings. The first-order valence-electron chi connectivity index (χ1n) is 9.62. The lowest BCUT2D eigenvalue weighted by Gasteiger charge is -2.36. The van der Waals surface area contributed by atoms with Crippen molar-refractivity contribution in [2.75, 3.05) is 19.7 Å². The van der Waals surface area contributed by atoms with E-state index < -0.39 is 11.7 Å². The summed E-state index contributed by atoms with van der Waals surface area (Å²) in [5, 5.41) is 2.81. The van der Waals surface area contributed by atoms with Gasteiger partial charge in [-0.25, -0.2) is 4.79 Å². The van der Waals surface area contributed by atoms with Gasteiger partial charge in [0, 0.05) is 19.5 Å². The van der Waals surface area contributed by atoms with Gasteiger partial charge in [-0.15, -0.1) is 0 Å². The Morgan fingerprint density at radius 1 is 1.24 bits per heavy atom. The first-order chi connectivity index (χ1) is 11.7. The molecule has 1 N–H and O–H groups in total. The van der Waals surface area contributed by atoms with E-state index in [2.05, 4.69) is 12.2 Å². The fourth-order valence-electron chi connectivity index (χ4n) is 2.83. The number of carbonyl (C=O) groups is 2. The Morgan fingerprint density at radius 3 is 2.56 bits per heavy atom. The summed E-state index contributed by atoms with van der Waals surface area (Å²) in [4.78, 5) is 26.1. The standard InChI is InChI=1S/C19H36N2O4/c1-6-7-8-9-10-11-17(22)21-12-13-24-16(14-21)15(2)20-18(23)25-19(3,4)5/h15-16H,6-14H2,1-5H3,(H,20,23)/t15-,16+/m0/s1. The van der Waals surface area contributed by atoms with Gasteiger partial charge in [0.15, 0.2) is 0 Å². The Morgan fingerprint density at radius 2 is 1.92 bits per heavy atom. The van der Waals surface area contributed by atoms with Crippen molar-refractivity contribution in [2.24, 2.45) is 0 Å². The fourth-order valence-corrected chi connectivity index (χ4v) is 2.83. The third-order valence-corrected chi connectivity index (χ3v) is 4.24. The Bertz CT molecular complexity index is 420. The van der Waals surface area contributed by atoms with Gasteiger partial charge < -0.3 is 19.7 Å². The smallest absolute Gasteiger partial charge is 0.407 e. The topological polar surface area (TPSA) is 67.9 Å². The zero-order chi connectivity index (χ0) is 18.9. The Hall–Kier alpha value is -1.30. The molecule has 25 heavy (non-hydrogen) atoms. The van der Waals surface area contributed by atoms with E-state index in [4.69, 9.17) is 9.47 Å². The second-order valence-electron chi connectivity index (χ2n) is 7.85. The largest absolute Gasteiger partial charge is 0.444 e. The average Bonchev–Trinajstić information content (AvgIpc) is 2.52. The van der Waals surface area contributed by atoms with Gasteiger partial charge in [0.05, 0.1) is 18.8 Å². The Balaban J connectivity index is 2.37. The normalized spacial score (nSPS) is 19.4. The van der Waals surface area contributed by atoms with Crippen LogP contribution in [0, 0.1) is 0 Å². The third kappa shape index (κ3) is 9.10. The summed E-state index contributed by atoms with van der Waals surface area (Å²) in [6.45, 7) is 11.2. The molecule has 6 heteroatoms. The first-order valence-corrected chi connectivity index (χ1v) is 9.62. The number of alkyl carbamates (subject to hydrolysis) is 1. The van der Waals surface area contributed by atoms with Crippen molar-refractivity contribution in [1.82, 2.24) is 10.2 Å². The maximum atomic E-state index is 12.4. The summed E-state index contributed by atoms with van der Waals surface area (Å²) in [7, 11) is 0. The van der Waals surface area contributed by atoms with Crippen molar-refractivity contribution in [3.63, 3.8) is 0 Å². The Labute approximate surface area is 152 Å². The number of morpholine rings is 1. The van der Waals surface area contributed by atoms with Crippen LogP contribution in [-0.2, 0) is 14.3 Å². The molecule has 146 valence electrons. The van der Waals surface area contributed by atoms with Gasteiger partial charge in [-0.1, -0.05) is 32.6 Å². The van der Waals surface area contributed by atoms with E-state index in [0.29, 0.717) is 26.1 Å². The van der Waals surface area contributed by atoms with Crippen LogP contribution in [0.25, 0.3) is 0 Å². The van der Waals surface area contributed by atoms with Crippen LogP contribution in [0.3, 0.4) is 0 Å². The van der Waals surface area contributed by atoms with Crippen LogP contribution >= 0.6 is 0 Å². The molecule has 2 amide bonds. The molecule has 0 spiro atoms. The summed E-state index contributed by atoms with van der Waals surface area (Å²) in [6.07, 6.45) is 5.66. The highest BCUT2D eigenvalue weighted by Gasteiger charge is 2.29. The molecular weight excluding hydrogens is 320 g/mol. The predicted octanol–water partition coefficient (Wildman–Crippen LogP) is 3.49. The lowest BCUT2D eigenvalue weighted by atomic mass is 10.1. The monoisotopic (exact) mass is 356 g/mol. The molecule has 0 aliphatic carbocycles. The van der Waals surface area contributed by atoms with Crippen molar-refractivity contribution in [3.05, 3.63) is 0 Å². The SMILES string of the molecule is CCCCCCCC(=O)N1CCO[C@@H]([C@H](C)NC(=O)OC(C)(C)C)C1. The molecule has 1 rings (SSSR count). The van der Waals surface area contributed by atoms with Crippen LogP contribution < -0.4 is 5.32 Å². The maximum absolute atomic E-state index is 12.4. The van der Waals surface area contributed by atoms with E-state index in [0.717, 1.165) is 12.8 Å². The van der Waals surface area contributed by atoms with E-state index >= 15 is 0 Å². The number of carbonyl (C=O) groups excluding carboxylic acids is 2. The summed E-state index contributed by atoms with van der Waals surface area (Å²) >= 11 is 0. The number of amides is 2. The molecule has 0 unspecified atom stereocenters. The zero-order valence-electron chi connectivity index (χ0n) is 16.6. The van der Waals surface area contributed by atoms with Crippen LogP contribution in [0.2, 0.25) is 0 Å². The van der Waals surface area contributed by atoms with Crippen LogP contribution in [0.5, 0.6) is 0 Å². The van der Waals surface area contributed by atoms with E-state index in [1.165, 1.54) is 19.3 Å². The van der Waals surface area contributed by atoms with Gasteiger partial charge in [0.1, 0.15) is 5.60 Å². The molecule has 1 fully saturated rings. The first kappa shape index (κ1) is 21.7. The molecule has 1 aliphatic heterocycles. The molecule has 2 atom stereocenters. The van der Waals surface area contributed by atoms with Crippen molar-refractivity contribution in [3.8, 4) is 0 Å². The van der Waals surface area contributed by atoms with Gasteiger partial charge >= 0.3 is 6.09 Å². The van der Waals surface area contributed by atoms with Gasteiger partial charge in [-0.3, -0.25) is 4.79 Å². The summed E-state index contributed by atoms with van der Waals surface area (Å²) in [6, 6.07) is -0.213. The fraction of sp³-hybridized carbons (Fsp3) is 0.895. The minimum atomic E-state index is -0.531. The van der Waals surface area contributed by atoms with Crippen molar-refractivity contribution < 1.29 is 19.1 Å². The second kappa shape index (κ2) is 10.6. The number of nitrogens with zero attached hydrogens (tertiary/aromatic N) is 1. The molecule has 0 bridgehead atoms. The van der Waals surface area contributed by atoms with Gasteiger partial charge in [-0.2, -0.15) is 0 Å². The molecular formula is C19H36N2O4. The molecule has 0 radical (unpaired) electrons. The maximum Gasteiger partial charge on any atom is 0.407 e. The van der Waals surface area contributed by atoms with Crippen molar-refractivity contribution in [1.29, 1.82) is 0 Å². The summed E-state index contributed by atoms with van der Waals surface area (Å²) in [5.41, 5.74) is -0.531. The van der Waals surface area contributed by atoms with E-state index in [1.807, 2.05) is 32.6 Å². The van der Waals surface area contributed by atoms with E-state index in [9.17, 15) is 9.59 Å². The van der Waals surface area contributed by atoms with Gasteiger partial charge in [0.2, 0.25) is 5.91 Å². The molecule has 0 aromatic heterocycles. The number of ether oxygens (including phenoxy) is 2. The average molecular weight is 357 g/mol. The number of rotatable bonds is 8. The predicted molar refractivity (Wildman–Crippen MR) is 98.5 cm³/mol. The quantitative estimate of drug-likeness (QED) is 0.676. The lowest BCUT2D eigenvalue weighted by molar-refractivity contribution is -0.139. The number of hydrogen-bond acceptors (Lipinski definition) is 4. The van der Waals surface area contributed by atoms with Gasteiger partial charge in [0.25, 0.3) is 0 Å². The number of hydrogen-bond donors (Lipinski definition) is 1. The number of unbranched alkanes of at least 4 members (excludes halogenated alkanes) is 4. The highest BCUT2D eigenvalue weighted by atomic mass is 16.6. The minimum Gasteiger partial charge on any atom is -0.444 e.